The van der Waals surface area contributed by atoms with Crippen LogP contribution in [-0.4, -0.2) is 32.7 Å². The average Bonchev–Trinajstić information content (AvgIpc) is 3.39. The Morgan fingerprint density at radius 3 is 1.95 bits per heavy atom. The van der Waals surface area contributed by atoms with Gasteiger partial charge in [0.2, 0.25) is 0 Å². The second kappa shape index (κ2) is 7.29. The quantitative estimate of drug-likeness (QED) is 0.425. The second-order valence-corrected chi connectivity index (χ2v) is 5.07. The maximum atomic E-state index is 5.64. The van der Waals surface area contributed by atoms with Gasteiger partial charge in [-0.05, 0) is 42.3 Å². The molecule has 3 rings (SSSR count). The van der Waals surface area contributed by atoms with Gasteiger partial charge in [0.1, 0.15) is 24.2 Å². The molecule has 1 aliphatic rings. The van der Waals surface area contributed by atoms with Crippen LogP contribution in [0.25, 0.3) is 11.1 Å². The molecular weight excluding hydrogens is 280 g/mol. The van der Waals surface area contributed by atoms with Gasteiger partial charge < -0.3 is 18.9 Å². The third-order valence-corrected chi connectivity index (χ3v) is 3.39. The zero-order chi connectivity index (χ0) is 15.2. The van der Waals surface area contributed by atoms with Gasteiger partial charge in [0.15, 0.2) is 6.79 Å². The highest BCUT2D eigenvalue weighted by Crippen LogP contribution is 2.25. The van der Waals surface area contributed by atoms with Gasteiger partial charge in [-0.15, -0.1) is 0 Å². The van der Waals surface area contributed by atoms with E-state index in [1.54, 1.807) is 0 Å². The maximum Gasteiger partial charge on any atom is 0.189 e. The Hall–Kier alpha value is -2.04. The zero-order valence-corrected chi connectivity index (χ0v) is 12.7. The molecule has 0 amide bonds. The molecule has 0 saturated carbocycles. The van der Waals surface area contributed by atoms with Crippen LogP contribution in [0.2, 0.25) is 0 Å². The molecule has 116 valence electrons. The summed E-state index contributed by atoms with van der Waals surface area (Å²) in [4.78, 5) is 0. The molecule has 0 bridgehead atoms. The lowest BCUT2D eigenvalue weighted by molar-refractivity contribution is 0.0224. The van der Waals surface area contributed by atoms with E-state index in [-0.39, 0.29) is 12.9 Å². The summed E-state index contributed by atoms with van der Waals surface area (Å²) in [6.07, 6.45) is 0.281. The van der Waals surface area contributed by atoms with Gasteiger partial charge in [-0.3, -0.25) is 0 Å². The van der Waals surface area contributed by atoms with Crippen LogP contribution < -0.4 is 9.47 Å². The highest BCUT2D eigenvalue weighted by Gasteiger charge is 2.22. The normalized spacial score (nSPS) is 16.3. The Balaban J connectivity index is 1.57. The van der Waals surface area contributed by atoms with Gasteiger partial charge in [0.25, 0.3) is 0 Å². The SMILES string of the molecule is CCOCOc1ccc(-c2ccc(OCC3CO3)cc2)cc1. The van der Waals surface area contributed by atoms with Crippen molar-refractivity contribution in [2.75, 3.05) is 26.6 Å². The lowest BCUT2D eigenvalue weighted by atomic mass is 10.1. The first kappa shape index (κ1) is 14.9. The minimum absolute atomic E-state index is 0.281. The van der Waals surface area contributed by atoms with Crippen LogP contribution in [0.1, 0.15) is 6.92 Å². The maximum absolute atomic E-state index is 5.64. The molecule has 1 unspecified atom stereocenters. The number of rotatable bonds is 8. The van der Waals surface area contributed by atoms with Crippen molar-refractivity contribution in [3.8, 4) is 22.6 Å². The summed E-state index contributed by atoms with van der Waals surface area (Å²) in [7, 11) is 0. The van der Waals surface area contributed by atoms with Gasteiger partial charge in [0.05, 0.1) is 6.61 Å². The molecule has 2 aromatic rings. The number of hydrogen-bond donors (Lipinski definition) is 0. The zero-order valence-electron chi connectivity index (χ0n) is 12.7. The molecule has 1 heterocycles. The van der Waals surface area contributed by atoms with Gasteiger partial charge in [-0.1, -0.05) is 24.3 Å². The Kier molecular flexibility index (Phi) is 4.93. The molecule has 1 aliphatic heterocycles. The van der Waals surface area contributed by atoms with Crippen molar-refractivity contribution in [1.29, 1.82) is 0 Å². The monoisotopic (exact) mass is 300 g/mol. The topological polar surface area (TPSA) is 40.2 Å². The Morgan fingerprint density at radius 2 is 1.45 bits per heavy atom. The van der Waals surface area contributed by atoms with E-state index < -0.39 is 0 Å². The predicted molar refractivity (Wildman–Crippen MR) is 84.2 cm³/mol. The van der Waals surface area contributed by atoms with Crippen molar-refractivity contribution in [2.24, 2.45) is 0 Å². The highest BCUT2D eigenvalue weighted by molar-refractivity contribution is 5.64. The van der Waals surface area contributed by atoms with Crippen molar-refractivity contribution >= 4 is 0 Å². The molecular formula is C18H20O4. The van der Waals surface area contributed by atoms with Crippen molar-refractivity contribution in [3.05, 3.63) is 48.5 Å². The first-order valence-electron chi connectivity index (χ1n) is 7.50. The number of benzene rings is 2. The molecule has 1 atom stereocenters. The molecule has 4 heteroatoms. The minimum Gasteiger partial charge on any atom is -0.491 e. The van der Waals surface area contributed by atoms with Gasteiger partial charge in [-0.25, -0.2) is 0 Å². The summed E-state index contributed by atoms with van der Waals surface area (Å²) in [5.74, 6) is 1.68. The average molecular weight is 300 g/mol. The summed E-state index contributed by atoms with van der Waals surface area (Å²) >= 11 is 0. The molecule has 1 saturated heterocycles. The fraction of sp³-hybridized carbons (Fsp3) is 0.333. The van der Waals surface area contributed by atoms with E-state index in [2.05, 4.69) is 12.1 Å². The highest BCUT2D eigenvalue weighted by atomic mass is 16.7. The fourth-order valence-electron chi connectivity index (χ4n) is 2.03. The van der Waals surface area contributed by atoms with Crippen molar-refractivity contribution in [2.45, 2.75) is 13.0 Å². The largest absolute Gasteiger partial charge is 0.491 e. The minimum atomic E-state index is 0.281. The molecule has 0 spiro atoms. The van der Waals surface area contributed by atoms with E-state index in [9.17, 15) is 0 Å². The lowest BCUT2D eigenvalue weighted by Crippen LogP contribution is -2.03. The van der Waals surface area contributed by atoms with Crippen LogP contribution in [-0.2, 0) is 9.47 Å². The molecule has 4 nitrogen and oxygen atoms in total. The molecule has 0 radical (unpaired) electrons. The summed E-state index contributed by atoms with van der Waals surface area (Å²) < 4.78 is 21.4. The molecule has 0 aromatic heterocycles. The Bertz CT molecular complexity index is 573. The van der Waals surface area contributed by atoms with Crippen LogP contribution in [0.4, 0.5) is 0 Å². The molecule has 2 aromatic carbocycles. The molecule has 1 fully saturated rings. The standard InChI is InChI=1S/C18H20O4/c1-2-19-13-22-17-9-5-15(6-10-17)14-3-7-16(8-4-14)20-11-18-12-21-18/h3-10,18H,2,11-13H2,1H3. The number of ether oxygens (including phenoxy) is 4. The van der Waals surface area contributed by atoms with Gasteiger partial charge >= 0.3 is 0 Å². The second-order valence-electron chi connectivity index (χ2n) is 5.07. The van der Waals surface area contributed by atoms with E-state index in [1.165, 1.54) is 0 Å². The summed E-state index contributed by atoms with van der Waals surface area (Å²) in [6.45, 7) is 4.32. The number of hydrogen-bond acceptors (Lipinski definition) is 4. The predicted octanol–water partition coefficient (Wildman–Crippen LogP) is 3.50. The third-order valence-electron chi connectivity index (χ3n) is 3.39. The Labute approximate surface area is 130 Å². The fourth-order valence-corrected chi connectivity index (χ4v) is 2.03. The lowest BCUT2D eigenvalue weighted by Gasteiger charge is -2.08. The van der Waals surface area contributed by atoms with Crippen LogP contribution in [0.3, 0.4) is 0 Å². The van der Waals surface area contributed by atoms with Crippen LogP contribution in [0.15, 0.2) is 48.5 Å². The van der Waals surface area contributed by atoms with Crippen molar-refractivity contribution < 1.29 is 18.9 Å². The first-order valence-corrected chi connectivity index (χ1v) is 7.50. The molecule has 0 N–H and O–H groups in total. The van der Waals surface area contributed by atoms with E-state index in [0.717, 1.165) is 29.2 Å². The van der Waals surface area contributed by atoms with Crippen LogP contribution in [0.5, 0.6) is 11.5 Å². The Morgan fingerprint density at radius 1 is 0.909 bits per heavy atom. The van der Waals surface area contributed by atoms with Crippen LogP contribution >= 0.6 is 0 Å². The van der Waals surface area contributed by atoms with Gasteiger partial charge in [-0.2, -0.15) is 0 Å². The van der Waals surface area contributed by atoms with E-state index in [1.807, 2.05) is 43.3 Å². The molecule has 0 aliphatic carbocycles. The summed E-state index contributed by atoms with van der Waals surface area (Å²) in [5.41, 5.74) is 2.28. The van der Waals surface area contributed by atoms with E-state index in [0.29, 0.717) is 13.2 Å². The van der Waals surface area contributed by atoms with Crippen molar-refractivity contribution in [3.63, 3.8) is 0 Å². The van der Waals surface area contributed by atoms with Crippen molar-refractivity contribution in [1.82, 2.24) is 0 Å². The number of epoxide rings is 1. The van der Waals surface area contributed by atoms with E-state index in [4.69, 9.17) is 18.9 Å². The van der Waals surface area contributed by atoms with E-state index >= 15 is 0 Å². The summed E-state index contributed by atoms with van der Waals surface area (Å²) in [6, 6.07) is 16.0. The van der Waals surface area contributed by atoms with Gasteiger partial charge in [0, 0.05) is 6.61 Å². The molecule has 22 heavy (non-hydrogen) atoms. The third kappa shape index (κ3) is 4.23. The van der Waals surface area contributed by atoms with Crippen LogP contribution in [0, 0.1) is 0 Å². The summed E-state index contributed by atoms with van der Waals surface area (Å²) in [5, 5.41) is 0. The smallest absolute Gasteiger partial charge is 0.189 e. The first-order chi connectivity index (χ1) is 10.8.